The molecule has 4 aromatic rings. The molecule has 33 heavy (non-hydrogen) atoms. The summed E-state index contributed by atoms with van der Waals surface area (Å²) in [5.74, 6) is 0. The molecule has 6 heteroatoms. The normalized spacial score (nSPS) is 17.8. The Bertz CT molecular complexity index is 1220. The van der Waals surface area contributed by atoms with Gasteiger partial charge in [-0.3, -0.25) is 4.98 Å². The zero-order valence-electron chi connectivity index (χ0n) is 18.8. The number of anilines is 1. The maximum absolute atomic E-state index is 5.85. The van der Waals surface area contributed by atoms with Gasteiger partial charge in [-0.05, 0) is 66.3 Å². The van der Waals surface area contributed by atoms with E-state index in [0.717, 1.165) is 23.0 Å². The van der Waals surface area contributed by atoms with Crippen LogP contribution in [0.25, 0.3) is 5.69 Å². The number of hydrogen-bond donors (Lipinski definition) is 1. The molecule has 1 N–H and O–H groups in total. The van der Waals surface area contributed by atoms with Crippen LogP contribution in [0.1, 0.15) is 29.0 Å². The van der Waals surface area contributed by atoms with Gasteiger partial charge in [-0.15, -0.1) is 0 Å². The highest BCUT2D eigenvalue weighted by Gasteiger charge is 2.41. The maximum atomic E-state index is 5.85. The van der Waals surface area contributed by atoms with E-state index >= 15 is 0 Å². The molecule has 1 saturated heterocycles. The monoisotopic (exact) mass is 453 g/mol. The minimum Gasteiger partial charge on any atom is -0.378 e. The Morgan fingerprint density at radius 2 is 1.67 bits per heavy atom. The van der Waals surface area contributed by atoms with Crippen molar-refractivity contribution >= 4 is 23.0 Å². The van der Waals surface area contributed by atoms with Gasteiger partial charge in [0.25, 0.3) is 0 Å². The molecule has 2 aromatic carbocycles. The standard InChI is InChI=1S/C27H27N5S/c1-30(2)21-13-15-22(16-14-21)31-18-8-12-24(31)26-25(23-11-6-7-17-28-23)29-27(33)32(26)19-20-9-4-3-5-10-20/h3-18,25-26H,19H2,1-2H3,(H,29,33)/t25-,26+/m1/s1. The Labute approximate surface area is 200 Å². The van der Waals surface area contributed by atoms with E-state index in [1.807, 2.05) is 24.4 Å². The van der Waals surface area contributed by atoms with Crippen LogP contribution in [0.5, 0.6) is 0 Å². The van der Waals surface area contributed by atoms with Crippen molar-refractivity contribution in [3.05, 3.63) is 114 Å². The molecule has 0 aliphatic carbocycles. The fourth-order valence-electron chi connectivity index (χ4n) is 4.46. The lowest BCUT2D eigenvalue weighted by molar-refractivity contribution is 0.302. The molecule has 3 heterocycles. The van der Waals surface area contributed by atoms with Crippen LogP contribution in [0.2, 0.25) is 0 Å². The zero-order valence-corrected chi connectivity index (χ0v) is 19.6. The van der Waals surface area contributed by atoms with Crippen LogP contribution in [0, 0.1) is 0 Å². The van der Waals surface area contributed by atoms with Crippen LogP contribution in [0.15, 0.2) is 97.3 Å². The highest BCUT2D eigenvalue weighted by Crippen LogP contribution is 2.40. The largest absolute Gasteiger partial charge is 0.378 e. The van der Waals surface area contributed by atoms with Crippen molar-refractivity contribution in [3.8, 4) is 5.69 Å². The lowest BCUT2D eigenvalue weighted by atomic mass is 10.0. The molecule has 0 bridgehead atoms. The molecule has 2 atom stereocenters. The van der Waals surface area contributed by atoms with Crippen LogP contribution in [0.4, 0.5) is 5.69 Å². The number of nitrogens with zero attached hydrogens (tertiary/aromatic N) is 4. The third-order valence-corrected chi connectivity index (χ3v) is 6.47. The maximum Gasteiger partial charge on any atom is 0.170 e. The summed E-state index contributed by atoms with van der Waals surface area (Å²) >= 11 is 5.85. The predicted octanol–water partition coefficient (Wildman–Crippen LogP) is 5.11. The lowest BCUT2D eigenvalue weighted by Crippen LogP contribution is -2.30. The van der Waals surface area contributed by atoms with Crippen molar-refractivity contribution in [2.24, 2.45) is 0 Å². The van der Waals surface area contributed by atoms with Crippen LogP contribution >= 0.6 is 12.2 Å². The summed E-state index contributed by atoms with van der Waals surface area (Å²) in [4.78, 5) is 9.06. The van der Waals surface area contributed by atoms with E-state index in [9.17, 15) is 0 Å². The van der Waals surface area contributed by atoms with E-state index in [2.05, 4.69) is 112 Å². The minimum atomic E-state index is -0.0443. The van der Waals surface area contributed by atoms with Crippen molar-refractivity contribution in [3.63, 3.8) is 0 Å². The number of rotatable bonds is 6. The SMILES string of the molecule is CN(C)c1ccc(-n2cccc2[C@H]2[C@@H](c3ccccn3)NC(=S)N2Cc2ccccc2)cc1. The van der Waals surface area contributed by atoms with Crippen molar-refractivity contribution in [2.45, 2.75) is 18.6 Å². The van der Waals surface area contributed by atoms with Gasteiger partial charge < -0.3 is 19.7 Å². The average molecular weight is 454 g/mol. The molecule has 0 radical (unpaired) electrons. The molecule has 5 nitrogen and oxygen atoms in total. The average Bonchev–Trinajstić information content (AvgIpc) is 3.45. The van der Waals surface area contributed by atoms with Gasteiger partial charge in [0, 0.05) is 50.1 Å². The predicted molar refractivity (Wildman–Crippen MR) is 138 cm³/mol. The number of hydrogen-bond acceptors (Lipinski definition) is 3. The van der Waals surface area contributed by atoms with E-state index < -0.39 is 0 Å². The van der Waals surface area contributed by atoms with Gasteiger partial charge >= 0.3 is 0 Å². The minimum absolute atomic E-state index is 0.00358. The van der Waals surface area contributed by atoms with Gasteiger partial charge in [-0.1, -0.05) is 36.4 Å². The zero-order chi connectivity index (χ0) is 22.8. The lowest BCUT2D eigenvalue weighted by Gasteiger charge is -2.29. The topological polar surface area (TPSA) is 36.3 Å². The fourth-order valence-corrected chi connectivity index (χ4v) is 4.76. The number of aromatic nitrogens is 2. The molecule has 1 fully saturated rings. The van der Waals surface area contributed by atoms with E-state index in [-0.39, 0.29) is 12.1 Å². The summed E-state index contributed by atoms with van der Waals surface area (Å²) in [5.41, 5.74) is 5.68. The quantitative estimate of drug-likeness (QED) is 0.411. The second kappa shape index (κ2) is 9.08. The van der Waals surface area contributed by atoms with Crippen molar-refractivity contribution in [1.82, 2.24) is 19.8 Å². The van der Waals surface area contributed by atoms with Crippen LogP contribution in [-0.4, -0.2) is 33.7 Å². The van der Waals surface area contributed by atoms with Gasteiger partial charge in [0.15, 0.2) is 5.11 Å². The molecule has 0 saturated carbocycles. The third kappa shape index (κ3) is 4.22. The summed E-state index contributed by atoms with van der Waals surface area (Å²) in [6.07, 6.45) is 3.97. The molecule has 166 valence electrons. The second-order valence-electron chi connectivity index (χ2n) is 8.45. The number of nitrogens with one attached hydrogen (secondary N) is 1. The van der Waals surface area contributed by atoms with E-state index in [1.165, 1.54) is 16.9 Å². The van der Waals surface area contributed by atoms with Gasteiger partial charge in [0.05, 0.1) is 17.8 Å². The Morgan fingerprint density at radius 1 is 0.909 bits per heavy atom. The number of pyridine rings is 1. The highest BCUT2D eigenvalue weighted by molar-refractivity contribution is 7.80. The molecule has 0 unspecified atom stereocenters. The summed E-state index contributed by atoms with van der Waals surface area (Å²) < 4.78 is 2.26. The summed E-state index contributed by atoms with van der Waals surface area (Å²) in [7, 11) is 4.11. The fraction of sp³-hybridized carbons (Fsp3) is 0.185. The van der Waals surface area contributed by atoms with Gasteiger partial charge in [-0.25, -0.2) is 0 Å². The van der Waals surface area contributed by atoms with E-state index in [4.69, 9.17) is 12.2 Å². The highest BCUT2D eigenvalue weighted by atomic mass is 32.1. The Hall–Kier alpha value is -3.64. The first-order chi connectivity index (χ1) is 16.1. The van der Waals surface area contributed by atoms with Crippen LogP contribution < -0.4 is 10.2 Å². The van der Waals surface area contributed by atoms with Crippen molar-refractivity contribution in [1.29, 1.82) is 0 Å². The molecule has 1 aliphatic heterocycles. The molecular weight excluding hydrogens is 426 g/mol. The Morgan fingerprint density at radius 3 is 2.36 bits per heavy atom. The summed E-state index contributed by atoms with van der Waals surface area (Å²) in [5, 5.41) is 4.30. The van der Waals surface area contributed by atoms with Gasteiger partial charge in [0.1, 0.15) is 0 Å². The molecule has 0 spiro atoms. The van der Waals surface area contributed by atoms with E-state index in [1.54, 1.807) is 0 Å². The van der Waals surface area contributed by atoms with Crippen molar-refractivity contribution in [2.75, 3.05) is 19.0 Å². The Kier molecular flexibility index (Phi) is 5.84. The molecule has 0 amide bonds. The van der Waals surface area contributed by atoms with Gasteiger partial charge in [-0.2, -0.15) is 0 Å². The molecule has 5 rings (SSSR count). The molecule has 1 aliphatic rings. The second-order valence-corrected chi connectivity index (χ2v) is 8.84. The Balaban J connectivity index is 1.57. The van der Waals surface area contributed by atoms with Crippen molar-refractivity contribution < 1.29 is 0 Å². The number of thiocarbonyl (C=S) groups is 1. The van der Waals surface area contributed by atoms with Gasteiger partial charge in [0.2, 0.25) is 0 Å². The summed E-state index contributed by atoms with van der Waals surface area (Å²) in [6.45, 7) is 0.728. The first kappa shape index (κ1) is 21.2. The molecule has 2 aromatic heterocycles. The first-order valence-electron chi connectivity index (χ1n) is 11.1. The smallest absolute Gasteiger partial charge is 0.170 e. The third-order valence-electron chi connectivity index (χ3n) is 6.12. The van der Waals surface area contributed by atoms with E-state index in [0.29, 0.717) is 0 Å². The van der Waals surface area contributed by atoms with Crippen LogP contribution in [0.3, 0.4) is 0 Å². The number of benzene rings is 2. The first-order valence-corrected chi connectivity index (χ1v) is 11.5. The van der Waals surface area contributed by atoms with Crippen LogP contribution in [-0.2, 0) is 6.54 Å². The molecular formula is C27H27N5S. The summed E-state index contributed by atoms with van der Waals surface area (Å²) in [6, 6.07) is 29.4.